The highest BCUT2D eigenvalue weighted by Crippen LogP contribution is 2.27. The first-order chi connectivity index (χ1) is 14.0. The van der Waals surface area contributed by atoms with Crippen LogP contribution >= 0.6 is 0 Å². The smallest absolute Gasteiger partial charge is 0.155 e. The molecule has 1 aliphatic heterocycles. The third-order valence-corrected chi connectivity index (χ3v) is 5.81. The summed E-state index contributed by atoms with van der Waals surface area (Å²) < 4.78 is 15.3. The third-order valence-electron chi connectivity index (χ3n) is 5.81. The molecule has 1 fully saturated rings. The maximum absolute atomic E-state index is 13.3. The molecule has 0 unspecified atom stereocenters. The fraction of sp³-hybridized carbons (Fsp3) is 0.409. The van der Waals surface area contributed by atoms with E-state index in [2.05, 4.69) is 38.7 Å². The van der Waals surface area contributed by atoms with Gasteiger partial charge in [0.2, 0.25) is 0 Å². The van der Waals surface area contributed by atoms with Gasteiger partial charge in [0.1, 0.15) is 11.5 Å². The van der Waals surface area contributed by atoms with Crippen LogP contribution in [0, 0.1) is 19.7 Å². The van der Waals surface area contributed by atoms with Gasteiger partial charge in [-0.2, -0.15) is 5.10 Å². The first kappa shape index (κ1) is 19.5. The summed E-state index contributed by atoms with van der Waals surface area (Å²) >= 11 is 0. The quantitative estimate of drug-likeness (QED) is 0.666. The number of hydrogen-bond donors (Lipinski definition) is 0. The number of aryl methyl sites for hydroxylation is 2. The summed E-state index contributed by atoms with van der Waals surface area (Å²) in [5.41, 5.74) is 5.45. The SMILES string of the molecule is Cc1nn(C)c(C)c1CCN1CCN(c2nccnc2-c2ccc(F)cc2)CC1. The molecule has 1 saturated heterocycles. The minimum atomic E-state index is -0.244. The van der Waals surface area contributed by atoms with Crippen molar-refractivity contribution in [2.75, 3.05) is 37.6 Å². The first-order valence-electron chi connectivity index (χ1n) is 10.1. The van der Waals surface area contributed by atoms with E-state index < -0.39 is 0 Å². The maximum atomic E-state index is 13.3. The van der Waals surface area contributed by atoms with Crippen LogP contribution in [0.5, 0.6) is 0 Å². The lowest BCUT2D eigenvalue weighted by molar-refractivity contribution is 0.260. The Hall–Kier alpha value is -2.80. The minimum Gasteiger partial charge on any atom is -0.352 e. The third kappa shape index (κ3) is 4.15. The van der Waals surface area contributed by atoms with E-state index in [1.807, 2.05) is 11.7 Å². The van der Waals surface area contributed by atoms with E-state index in [1.165, 1.54) is 23.4 Å². The van der Waals surface area contributed by atoms with Crippen molar-refractivity contribution in [2.45, 2.75) is 20.3 Å². The zero-order valence-corrected chi connectivity index (χ0v) is 17.3. The fourth-order valence-corrected chi connectivity index (χ4v) is 4.01. The van der Waals surface area contributed by atoms with Gasteiger partial charge in [-0.3, -0.25) is 14.6 Å². The lowest BCUT2D eigenvalue weighted by atomic mass is 10.1. The van der Waals surface area contributed by atoms with Crippen molar-refractivity contribution < 1.29 is 4.39 Å². The monoisotopic (exact) mass is 394 g/mol. The van der Waals surface area contributed by atoms with E-state index in [9.17, 15) is 4.39 Å². The summed E-state index contributed by atoms with van der Waals surface area (Å²) in [4.78, 5) is 13.9. The van der Waals surface area contributed by atoms with Crippen LogP contribution in [-0.4, -0.2) is 57.4 Å². The summed E-state index contributed by atoms with van der Waals surface area (Å²) in [5, 5.41) is 4.52. The van der Waals surface area contributed by atoms with Gasteiger partial charge in [-0.05, 0) is 50.1 Å². The summed E-state index contributed by atoms with van der Waals surface area (Å²) in [6.45, 7) is 9.03. The molecule has 1 aromatic carbocycles. The summed E-state index contributed by atoms with van der Waals surface area (Å²) in [7, 11) is 2.00. The second-order valence-electron chi connectivity index (χ2n) is 7.59. The van der Waals surface area contributed by atoms with Crippen molar-refractivity contribution in [3.63, 3.8) is 0 Å². The molecule has 0 amide bonds. The van der Waals surface area contributed by atoms with Gasteiger partial charge in [-0.25, -0.2) is 9.37 Å². The molecule has 7 heteroatoms. The highest BCUT2D eigenvalue weighted by molar-refractivity contribution is 5.72. The number of rotatable bonds is 5. The topological polar surface area (TPSA) is 50.1 Å². The highest BCUT2D eigenvalue weighted by atomic mass is 19.1. The van der Waals surface area contributed by atoms with Gasteiger partial charge in [0.15, 0.2) is 5.82 Å². The van der Waals surface area contributed by atoms with Crippen LogP contribution in [0.3, 0.4) is 0 Å². The number of piperazine rings is 1. The second-order valence-corrected chi connectivity index (χ2v) is 7.59. The number of anilines is 1. The first-order valence-corrected chi connectivity index (χ1v) is 10.1. The van der Waals surface area contributed by atoms with Gasteiger partial charge in [-0.1, -0.05) is 0 Å². The van der Waals surface area contributed by atoms with Crippen molar-refractivity contribution in [2.24, 2.45) is 7.05 Å². The van der Waals surface area contributed by atoms with E-state index >= 15 is 0 Å². The van der Waals surface area contributed by atoms with Gasteiger partial charge in [0.05, 0.1) is 5.69 Å². The van der Waals surface area contributed by atoms with Crippen molar-refractivity contribution in [1.29, 1.82) is 0 Å². The maximum Gasteiger partial charge on any atom is 0.155 e. The molecule has 0 bridgehead atoms. The van der Waals surface area contributed by atoms with Crippen LogP contribution < -0.4 is 4.90 Å². The molecule has 0 atom stereocenters. The zero-order chi connectivity index (χ0) is 20.4. The molecule has 0 saturated carbocycles. The average molecular weight is 394 g/mol. The zero-order valence-electron chi connectivity index (χ0n) is 17.3. The van der Waals surface area contributed by atoms with Gasteiger partial charge in [0.25, 0.3) is 0 Å². The molecule has 6 nitrogen and oxygen atoms in total. The van der Waals surface area contributed by atoms with Crippen LogP contribution in [0.1, 0.15) is 17.0 Å². The number of hydrogen-bond acceptors (Lipinski definition) is 5. The Morgan fingerprint density at radius 1 is 0.966 bits per heavy atom. The van der Waals surface area contributed by atoms with Gasteiger partial charge < -0.3 is 4.90 Å². The van der Waals surface area contributed by atoms with E-state index in [4.69, 9.17) is 0 Å². The van der Waals surface area contributed by atoms with Crippen LogP contribution in [0.25, 0.3) is 11.3 Å². The number of halogens is 1. The fourth-order valence-electron chi connectivity index (χ4n) is 4.01. The Bertz CT molecular complexity index is 973. The highest BCUT2D eigenvalue weighted by Gasteiger charge is 2.22. The Morgan fingerprint density at radius 2 is 1.66 bits per heavy atom. The lowest BCUT2D eigenvalue weighted by Crippen LogP contribution is -2.47. The Morgan fingerprint density at radius 3 is 2.31 bits per heavy atom. The van der Waals surface area contributed by atoms with E-state index in [0.717, 1.165) is 61.9 Å². The molecular formula is C22H27FN6. The molecule has 29 heavy (non-hydrogen) atoms. The molecule has 3 aromatic rings. The van der Waals surface area contributed by atoms with Crippen LogP contribution in [0.2, 0.25) is 0 Å². The Labute approximate surface area is 171 Å². The van der Waals surface area contributed by atoms with Crippen LogP contribution in [-0.2, 0) is 13.5 Å². The van der Waals surface area contributed by atoms with E-state index in [1.54, 1.807) is 24.5 Å². The van der Waals surface area contributed by atoms with Crippen molar-refractivity contribution in [3.05, 3.63) is 59.4 Å². The molecule has 2 aromatic heterocycles. The molecule has 152 valence electrons. The summed E-state index contributed by atoms with van der Waals surface area (Å²) in [6.07, 6.45) is 4.44. The molecule has 1 aliphatic rings. The van der Waals surface area contributed by atoms with E-state index in [0.29, 0.717) is 0 Å². The largest absolute Gasteiger partial charge is 0.352 e. The molecule has 0 N–H and O–H groups in total. The van der Waals surface area contributed by atoms with Crippen molar-refractivity contribution in [1.82, 2.24) is 24.6 Å². The molecule has 3 heterocycles. The Kier molecular flexibility index (Phi) is 5.58. The minimum absolute atomic E-state index is 0.244. The summed E-state index contributed by atoms with van der Waals surface area (Å²) in [6, 6.07) is 6.46. The molecule has 0 spiro atoms. The molecular weight excluding hydrogens is 367 g/mol. The Balaban J connectivity index is 1.41. The average Bonchev–Trinajstić information content (AvgIpc) is 2.99. The predicted octanol–water partition coefficient (Wildman–Crippen LogP) is 3.00. The van der Waals surface area contributed by atoms with Gasteiger partial charge >= 0.3 is 0 Å². The molecule has 4 rings (SSSR count). The number of benzene rings is 1. The van der Waals surface area contributed by atoms with Crippen LogP contribution in [0.15, 0.2) is 36.7 Å². The van der Waals surface area contributed by atoms with Crippen molar-refractivity contribution >= 4 is 5.82 Å². The number of aromatic nitrogens is 4. The van der Waals surface area contributed by atoms with Crippen molar-refractivity contribution in [3.8, 4) is 11.3 Å². The number of nitrogens with zero attached hydrogens (tertiary/aromatic N) is 6. The standard InChI is InChI=1S/C22H27FN6/c1-16-20(17(2)27(3)26-16)8-11-28-12-14-29(15-13-28)22-21(24-9-10-25-22)18-4-6-19(23)7-5-18/h4-7,9-10H,8,11-15H2,1-3H3. The predicted molar refractivity (Wildman–Crippen MR) is 112 cm³/mol. The second kappa shape index (κ2) is 8.29. The normalized spacial score (nSPS) is 15.1. The van der Waals surface area contributed by atoms with Gasteiger partial charge in [0, 0.05) is 63.4 Å². The molecule has 0 radical (unpaired) electrons. The van der Waals surface area contributed by atoms with Crippen LogP contribution in [0.4, 0.5) is 10.2 Å². The lowest BCUT2D eigenvalue weighted by Gasteiger charge is -2.36. The summed E-state index contributed by atoms with van der Waals surface area (Å²) in [5.74, 6) is 0.629. The van der Waals surface area contributed by atoms with Gasteiger partial charge in [-0.15, -0.1) is 0 Å². The molecule has 0 aliphatic carbocycles. The van der Waals surface area contributed by atoms with E-state index in [-0.39, 0.29) is 5.82 Å².